The molecule has 1 aliphatic heterocycles. The molecular weight excluding hydrogens is 302 g/mol. The van der Waals surface area contributed by atoms with E-state index in [0.717, 1.165) is 44.1 Å². The van der Waals surface area contributed by atoms with E-state index in [-0.39, 0.29) is 0 Å². The highest BCUT2D eigenvalue weighted by Gasteiger charge is 2.24. The first kappa shape index (κ1) is 15.0. The van der Waals surface area contributed by atoms with Gasteiger partial charge in [0.1, 0.15) is 12.1 Å². The van der Waals surface area contributed by atoms with Gasteiger partial charge in [-0.05, 0) is 43.2 Å². The Labute approximate surface area is 140 Å². The Balaban J connectivity index is 1.39. The lowest BCUT2D eigenvalue weighted by Gasteiger charge is -2.40. The zero-order valence-electron chi connectivity index (χ0n) is 13.8. The average molecular weight is 323 g/mol. The van der Waals surface area contributed by atoms with Gasteiger partial charge >= 0.3 is 0 Å². The molecule has 0 spiro atoms. The largest absolute Gasteiger partial charge is 0.350 e. The fraction of sp³-hybridized carbons (Fsp3) is 0.412. The minimum absolute atomic E-state index is 0.428. The number of fused-ring (bicyclic) bond motifs is 1. The average Bonchev–Trinajstić information content (AvgIpc) is 3.08. The highest BCUT2D eigenvalue weighted by atomic mass is 15.4. The molecule has 0 unspecified atom stereocenters. The van der Waals surface area contributed by atoms with Gasteiger partial charge in [0.2, 0.25) is 0 Å². The molecule has 24 heavy (non-hydrogen) atoms. The van der Waals surface area contributed by atoms with Crippen LogP contribution in [0.3, 0.4) is 0 Å². The van der Waals surface area contributed by atoms with Gasteiger partial charge in [0.25, 0.3) is 0 Å². The van der Waals surface area contributed by atoms with Crippen molar-refractivity contribution in [2.24, 2.45) is 0 Å². The molecule has 124 valence electrons. The Morgan fingerprint density at radius 2 is 2.00 bits per heavy atom. The van der Waals surface area contributed by atoms with E-state index in [1.807, 2.05) is 24.5 Å². The monoisotopic (exact) mass is 323 g/mol. The van der Waals surface area contributed by atoms with Crippen molar-refractivity contribution < 1.29 is 0 Å². The second-order valence-electron chi connectivity index (χ2n) is 6.27. The van der Waals surface area contributed by atoms with Gasteiger partial charge < -0.3 is 4.90 Å². The van der Waals surface area contributed by atoms with Crippen molar-refractivity contribution in [2.45, 2.75) is 19.4 Å². The molecule has 1 saturated heterocycles. The van der Waals surface area contributed by atoms with E-state index in [4.69, 9.17) is 0 Å². The standard InChI is InChI=1S/C17H21N7/c1-14-12-22(9-6-15-4-7-18-8-5-15)10-11-23(14)17-3-2-16-20-19-13-24(16)21-17/h2-5,7-8,13-14H,6,9-12H2,1H3/t14-/m0/s1. The van der Waals surface area contributed by atoms with Crippen LogP contribution in [0.25, 0.3) is 5.65 Å². The maximum absolute atomic E-state index is 4.62. The van der Waals surface area contributed by atoms with Crippen molar-refractivity contribution in [1.29, 1.82) is 0 Å². The molecule has 3 aromatic heterocycles. The number of rotatable bonds is 4. The number of pyridine rings is 1. The van der Waals surface area contributed by atoms with Crippen molar-refractivity contribution in [3.63, 3.8) is 0 Å². The second kappa shape index (κ2) is 6.52. The van der Waals surface area contributed by atoms with E-state index in [1.165, 1.54) is 5.56 Å². The molecule has 4 rings (SSSR count). The molecule has 0 radical (unpaired) electrons. The first-order valence-corrected chi connectivity index (χ1v) is 8.34. The van der Waals surface area contributed by atoms with E-state index < -0.39 is 0 Å². The van der Waals surface area contributed by atoms with Crippen LogP contribution in [0.2, 0.25) is 0 Å². The summed E-state index contributed by atoms with van der Waals surface area (Å²) < 4.78 is 1.73. The fourth-order valence-corrected chi connectivity index (χ4v) is 3.28. The molecular formula is C17H21N7. The molecule has 1 aliphatic rings. The number of aromatic nitrogens is 5. The summed E-state index contributed by atoms with van der Waals surface area (Å²) in [4.78, 5) is 8.97. The van der Waals surface area contributed by atoms with Gasteiger partial charge in [-0.1, -0.05) is 0 Å². The van der Waals surface area contributed by atoms with Crippen LogP contribution in [0, 0.1) is 0 Å². The lowest BCUT2D eigenvalue weighted by atomic mass is 10.1. The molecule has 0 aliphatic carbocycles. The molecule has 1 atom stereocenters. The van der Waals surface area contributed by atoms with Crippen LogP contribution in [0.4, 0.5) is 5.82 Å². The second-order valence-corrected chi connectivity index (χ2v) is 6.27. The van der Waals surface area contributed by atoms with Crippen LogP contribution >= 0.6 is 0 Å². The van der Waals surface area contributed by atoms with Gasteiger partial charge in [-0.25, -0.2) is 0 Å². The Morgan fingerprint density at radius 3 is 2.83 bits per heavy atom. The topological polar surface area (TPSA) is 62.5 Å². The first-order chi connectivity index (χ1) is 11.8. The van der Waals surface area contributed by atoms with Crippen LogP contribution in [0.5, 0.6) is 0 Å². The molecule has 7 heteroatoms. The number of hydrogen-bond acceptors (Lipinski definition) is 6. The Bertz CT molecular complexity index is 801. The molecule has 0 amide bonds. The summed E-state index contributed by atoms with van der Waals surface area (Å²) in [6.45, 7) is 6.43. The van der Waals surface area contributed by atoms with E-state index in [2.05, 4.69) is 49.1 Å². The maximum Gasteiger partial charge on any atom is 0.177 e. The van der Waals surface area contributed by atoms with Crippen molar-refractivity contribution >= 4 is 11.5 Å². The van der Waals surface area contributed by atoms with Crippen LogP contribution in [0.1, 0.15) is 12.5 Å². The van der Waals surface area contributed by atoms with Gasteiger partial charge in [-0.3, -0.25) is 9.88 Å². The van der Waals surface area contributed by atoms with E-state index in [1.54, 1.807) is 10.8 Å². The Kier molecular flexibility index (Phi) is 4.08. The predicted molar refractivity (Wildman–Crippen MR) is 92.0 cm³/mol. The Morgan fingerprint density at radius 1 is 1.12 bits per heavy atom. The highest BCUT2D eigenvalue weighted by Crippen LogP contribution is 2.18. The summed E-state index contributed by atoms with van der Waals surface area (Å²) in [5, 5.41) is 12.5. The zero-order valence-corrected chi connectivity index (χ0v) is 13.8. The minimum atomic E-state index is 0.428. The lowest BCUT2D eigenvalue weighted by molar-refractivity contribution is 0.230. The number of anilines is 1. The smallest absolute Gasteiger partial charge is 0.177 e. The van der Waals surface area contributed by atoms with Crippen LogP contribution < -0.4 is 4.90 Å². The van der Waals surface area contributed by atoms with Crippen molar-refractivity contribution in [2.75, 3.05) is 31.1 Å². The van der Waals surface area contributed by atoms with Gasteiger partial charge in [0.05, 0.1) is 0 Å². The number of nitrogens with zero attached hydrogens (tertiary/aromatic N) is 7. The minimum Gasteiger partial charge on any atom is -0.350 e. The van der Waals surface area contributed by atoms with Crippen LogP contribution in [-0.2, 0) is 6.42 Å². The van der Waals surface area contributed by atoms with E-state index in [0.29, 0.717) is 6.04 Å². The molecule has 0 bridgehead atoms. The number of piperazine rings is 1. The maximum atomic E-state index is 4.62. The third-order valence-electron chi connectivity index (χ3n) is 4.62. The summed E-state index contributed by atoms with van der Waals surface area (Å²) >= 11 is 0. The van der Waals surface area contributed by atoms with Crippen LogP contribution in [-0.4, -0.2) is 61.9 Å². The van der Waals surface area contributed by atoms with Gasteiger partial charge in [-0.15, -0.1) is 15.3 Å². The van der Waals surface area contributed by atoms with Crippen molar-refractivity contribution in [3.05, 3.63) is 48.5 Å². The summed E-state index contributed by atoms with van der Waals surface area (Å²) in [6.07, 6.45) is 6.44. The fourth-order valence-electron chi connectivity index (χ4n) is 3.28. The predicted octanol–water partition coefficient (Wildman–Crippen LogP) is 1.27. The zero-order chi connectivity index (χ0) is 16.4. The molecule has 4 heterocycles. The lowest BCUT2D eigenvalue weighted by Crippen LogP contribution is -2.52. The summed E-state index contributed by atoms with van der Waals surface area (Å²) in [5.74, 6) is 0.989. The van der Waals surface area contributed by atoms with Crippen LogP contribution in [0.15, 0.2) is 43.0 Å². The summed E-state index contributed by atoms with van der Waals surface area (Å²) in [5.41, 5.74) is 2.13. The molecule has 0 aromatic carbocycles. The first-order valence-electron chi connectivity index (χ1n) is 8.34. The SMILES string of the molecule is C[C@H]1CN(CCc2ccncc2)CCN1c1ccc2nncn2n1. The number of hydrogen-bond donors (Lipinski definition) is 0. The molecule has 1 fully saturated rings. The molecule has 0 saturated carbocycles. The molecule has 0 N–H and O–H groups in total. The van der Waals surface area contributed by atoms with E-state index in [9.17, 15) is 0 Å². The summed E-state index contributed by atoms with van der Waals surface area (Å²) in [7, 11) is 0. The highest BCUT2D eigenvalue weighted by molar-refractivity contribution is 5.46. The quantitative estimate of drug-likeness (QED) is 0.721. The third kappa shape index (κ3) is 3.07. The third-order valence-corrected chi connectivity index (χ3v) is 4.62. The Hall–Kier alpha value is -2.54. The van der Waals surface area contributed by atoms with Gasteiger partial charge in [0, 0.05) is 44.6 Å². The van der Waals surface area contributed by atoms with Crippen molar-refractivity contribution in [1.82, 2.24) is 29.7 Å². The van der Waals surface area contributed by atoms with Gasteiger partial charge in [0.15, 0.2) is 5.65 Å². The summed E-state index contributed by atoms with van der Waals surface area (Å²) in [6, 6.07) is 8.62. The van der Waals surface area contributed by atoms with E-state index >= 15 is 0 Å². The van der Waals surface area contributed by atoms with Gasteiger partial charge in [-0.2, -0.15) is 4.52 Å². The normalized spacial score (nSPS) is 19.0. The molecule has 3 aromatic rings. The molecule has 7 nitrogen and oxygen atoms in total. The van der Waals surface area contributed by atoms with Crippen molar-refractivity contribution in [3.8, 4) is 0 Å².